The molecule has 0 aliphatic heterocycles. The number of aliphatic hydroxyl groups is 1. The first kappa shape index (κ1) is 79.0. The Labute approximate surface area is 496 Å². The van der Waals surface area contributed by atoms with Crippen LogP contribution in [0.1, 0.15) is 272 Å². The number of phosphoric acid groups is 2. The minimum Gasteiger partial charge on any atom is -0.462 e. The Balaban J connectivity index is 5.15. The van der Waals surface area contributed by atoms with Crippen LogP contribution in [0.2, 0.25) is 0 Å². The first-order valence-electron chi connectivity index (χ1n) is 31.9. The van der Waals surface area contributed by atoms with Crippen LogP contribution in [0.5, 0.6) is 0 Å². The Kier molecular flexibility index (Phi) is 55.0. The van der Waals surface area contributed by atoms with Gasteiger partial charge < -0.3 is 33.8 Å². The monoisotopic (exact) mass is 1200 g/mol. The van der Waals surface area contributed by atoms with Gasteiger partial charge in [0.05, 0.1) is 26.4 Å². The molecule has 0 aliphatic rings. The average molecular weight is 1210 g/mol. The van der Waals surface area contributed by atoms with E-state index in [4.69, 9.17) is 37.0 Å². The molecule has 0 aromatic heterocycles. The number of aliphatic hydroxyl groups excluding tert-OH is 1. The molecule has 0 saturated heterocycles. The van der Waals surface area contributed by atoms with E-state index >= 15 is 0 Å². The van der Waals surface area contributed by atoms with Crippen LogP contribution in [0.4, 0.5) is 0 Å². The predicted molar refractivity (Wildman–Crippen MR) is 326 cm³/mol. The Morgan fingerprint density at radius 3 is 0.976 bits per heavy atom. The van der Waals surface area contributed by atoms with Crippen molar-refractivity contribution in [2.45, 2.75) is 290 Å². The molecule has 478 valence electrons. The highest BCUT2D eigenvalue weighted by atomic mass is 31.2. The summed E-state index contributed by atoms with van der Waals surface area (Å²) in [6, 6.07) is 0. The van der Waals surface area contributed by atoms with Gasteiger partial charge in [0.1, 0.15) is 19.3 Å². The molecule has 0 bridgehead atoms. The van der Waals surface area contributed by atoms with Crippen molar-refractivity contribution >= 4 is 39.5 Å². The lowest BCUT2D eigenvalue weighted by molar-refractivity contribution is -0.161. The zero-order valence-corrected chi connectivity index (χ0v) is 53.2. The predicted octanol–water partition coefficient (Wildman–Crippen LogP) is 16.7. The first-order chi connectivity index (χ1) is 39.7. The van der Waals surface area contributed by atoms with Crippen LogP contribution >= 0.6 is 15.6 Å². The summed E-state index contributed by atoms with van der Waals surface area (Å²) in [5.41, 5.74) is 0. The maximum atomic E-state index is 12.9. The highest BCUT2D eigenvalue weighted by Gasteiger charge is 2.30. The van der Waals surface area contributed by atoms with E-state index < -0.39 is 97.5 Å². The fourth-order valence-corrected chi connectivity index (χ4v) is 9.92. The molecule has 5 atom stereocenters. The van der Waals surface area contributed by atoms with E-state index in [1.807, 2.05) is 0 Å². The summed E-state index contributed by atoms with van der Waals surface area (Å²) in [7, 11) is -9.89. The van der Waals surface area contributed by atoms with Gasteiger partial charge in [0.15, 0.2) is 12.2 Å². The van der Waals surface area contributed by atoms with Gasteiger partial charge in [0, 0.05) is 25.7 Å². The summed E-state index contributed by atoms with van der Waals surface area (Å²) in [4.78, 5) is 71.8. The number of rotatable bonds is 60. The van der Waals surface area contributed by atoms with E-state index in [-0.39, 0.29) is 25.7 Å². The molecule has 0 spiro atoms. The van der Waals surface area contributed by atoms with Gasteiger partial charge in [0.2, 0.25) is 0 Å². The van der Waals surface area contributed by atoms with E-state index in [2.05, 4.69) is 76.3 Å². The van der Waals surface area contributed by atoms with Gasteiger partial charge in [-0.3, -0.25) is 37.3 Å². The molecule has 3 N–H and O–H groups in total. The standard InChI is InChI=1S/C63H114O17P2/c1-5-9-13-17-21-24-26-28-29-31-33-35-38-41-44-48-60(65)73-53-58(79-62(67)49-45-39-20-16-12-8-4)55-77-81(69,70)75-51-57(64)52-76-82(71,72)78-56-59(80-63(68)50-46-42-36-23-19-15-11-7-3)54-74-61(66)47-43-40-37-34-32-30-27-25-22-18-14-10-6-2/h14,18,21,24-25,27-29,57-59,64H,5-13,15-17,19-20,22-23,26,30-56H2,1-4H3,(H,69,70)(H,71,72)/b18-14+,24-21+,27-25+,29-28+/t57-,58-,59-/m1/s1. The summed E-state index contributed by atoms with van der Waals surface area (Å²) in [6.45, 7) is 4.61. The van der Waals surface area contributed by atoms with E-state index in [0.717, 1.165) is 161 Å². The van der Waals surface area contributed by atoms with Crippen LogP contribution < -0.4 is 0 Å². The number of hydrogen-bond donors (Lipinski definition) is 3. The molecule has 0 rings (SSSR count). The van der Waals surface area contributed by atoms with Crippen molar-refractivity contribution in [3.63, 3.8) is 0 Å². The Hall–Kier alpha value is -2.98. The Morgan fingerprint density at radius 2 is 0.622 bits per heavy atom. The third kappa shape index (κ3) is 56.2. The van der Waals surface area contributed by atoms with Crippen molar-refractivity contribution in [1.29, 1.82) is 0 Å². The van der Waals surface area contributed by atoms with Crippen molar-refractivity contribution in [1.82, 2.24) is 0 Å². The molecular formula is C63H114O17P2. The van der Waals surface area contributed by atoms with Crippen molar-refractivity contribution in [2.24, 2.45) is 0 Å². The molecule has 0 saturated carbocycles. The number of carbonyl (C=O) groups excluding carboxylic acids is 4. The quantitative estimate of drug-likeness (QED) is 0.0169. The molecule has 17 nitrogen and oxygen atoms in total. The molecule has 2 unspecified atom stereocenters. The summed E-state index contributed by atoms with van der Waals surface area (Å²) in [5.74, 6) is -2.20. The summed E-state index contributed by atoms with van der Waals surface area (Å²) in [6.07, 6.45) is 47.8. The van der Waals surface area contributed by atoms with Gasteiger partial charge in [-0.25, -0.2) is 9.13 Å². The topological polar surface area (TPSA) is 237 Å². The number of phosphoric ester groups is 2. The molecule has 82 heavy (non-hydrogen) atoms. The Bertz CT molecular complexity index is 1770. The fraction of sp³-hybridized carbons (Fsp3) is 0.810. The summed E-state index contributed by atoms with van der Waals surface area (Å²) < 4.78 is 67.6. The van der Waals surface area contributed by atoms with Gasteiger partial charge in [-0.05, 0) is 83.5 Å². The number of allylic oxidation sites excluding steroid dienone is 8. The zero-order chi connectivity index (χ0) is 60.5. The van der Waals surface area contributed by atoms with Crippen LogP contribution in [-0.4, -0.2) is 96.7 Å². The van der Waals surface area contributed by atoms with Gasteiger partial charge in [-0.1, -0.05) is 211 Å². The van der Waals surface area contributed by atoms with Crippen molar-refractivity contribution < 1.29 is 80.2 Å². The third-order valence-electron chi connectivity index (χ3n) is 13.3. The number of hydrogen-bond acceptors (Lipinski definition) is 15. The molecule has 0 amide bonds. The maximum absolute atomic E-state index is 12.9. The molecule has 0 fully saturated rings. The molecule has 0 aliphatic carbocycles. The smallest absolute Gasteiger partial charge is 0.462 e. The molecule has 0 heterocycles. The van der Waals surface area contributed by atoms with Crippen LogP contribution in [0.3, 0.4) is 0 Å². The minimum atomic E-state index is -4.95. The number of esters is 4. The van der Waals surface area contributed by atoms with E-state index in [0.29, 0.717) is 25.7 Å². The van der Waals surface area contributed by atoms with Gasteiger partial charge in [-0.15, -0.1) is 0 Å². The molecule has 0 aromatic carbocycles. The molecule has 19 heteroatoms. The van der Waals surface area contributed by atoms with Gasteiger partial charge in [-0.2, -0.15) is 0 Å². The van der Waals surface area contributed by atoms with Gasteiger partial charge >= 0.3 is 39.5 Å². The first-order valence-corrected chi connectivity index (χ1v) is 34.9. The second-order valence-electron chi connectivity index (χ2n) is 21.4. The van der Waals surface area contributed by atoms with Crippen LogP contribution in [-0.2, 0) is 65.4 Å². The number of carbonyl (C=O) groups is 4. The van der Waals surface area contributed by atoms with Crippen molar-refractivity contribution in [3.8, 4) is 0 Å². The SMILES string of the molecule is CCC/C=C/C/C=C/CCCCCCCC(=O)OC[C@H](COP(=O)(O)OC[C@H](O)COP(=O)(O)OC[C@@H](COC(=O)CCCCCCC/C=C/C/C=C/CCCCC)OC(=O)CCCCCCCC)OC(=O)CCCCCCCCCC. The lowest BCUT2D eigenvalue weighted by atomic mass is 10.1. The van der Waals surface area contributed by atoms with E-state index in [1.165, 1.54) is 32.1 Å². The third-order valence-corrected chi connectivity index (χ3v) is 15.2. The highest BCUT2D eigenvalue weighted by molar-refractivity contribution is 7.47. The minimum absolute atomic E-state index is 0.0935. The fourth-order valence-electron chi connectivity index (χ4n) is 8.34. The molecular weight excluding hydrogens is 1090 g/mol. The summed E-state index contributed by atoms with van der Waals surface area (Å²) in [5, 5.41) is 10.5. The van der Waals surface area contributed by atoms with E-state index in [1.54, 1.807) is 0 Å². The van der Waals surface area contributed by atoms with Crippen LogP contribution in [0.15, 0.2) is 48.6 Å². The molecule has 0 radical (unpaired) electrons. The normalized spacial score (nSPS) is 14.6. The number of unbranched alkanes of at least 4 members (excludes halogenated alkanes) is 26. The molecule has 0 aromatic rings. The van der Waals surface area contributed by atoms with Crippen molar-refractivity contribution in [2.75, 3.05) is 39.6 Å². The van der Waals surface area contributed by atoms with Gasteiger partial charge in [0.25, 0.3) is 0 Å². The average Bonchev–Trinajstić information content (AvgIpc) is 3.45. The van der Waals surface area contributed by atoms with Crippen LogP contribution in [0.25, 0.3) is 0 Å². The maximum Gasteiger partial charge on any atom is 0.472 e. The van der Waals surface area contributed by atoms with Crippen molar-refractivity contribution in [3.05, 3.63) is 48.6 Å². The number of ether oxygens (including phenoxy) is 4. The highest BCUT2D eigenvalue weighted by Crippen LogP contribution is 2.45. The van der Waals surface area contributed by atoms with Crippen LogP contribution in [0, 0.1) is 0 Å². The second-order valence-corrected chi connectivity index (χ2v) is 24.3. The second kappa shape index (κ2) is 57.1. The summed E-state index contributed by atoms with van der Waals surface area (Å²) >= 11 is 0. The van der Waals surface area contributed by atoms with E-state index in [9.17, 15) is 43.2 Å². The zero-order valence-electron chi connectivity index (χ0n) is 51.4. The lowest BCUT2D eigenvalue weighted by Crippen LogP contribution is -2.30. The largest absolute Gasteiger partial charge is 0.472 e. The Morgan fingerprint density at radius 1 is 0.341 bits per heavy atom. The lowest BCUT2D eigenvalue weighted by Gasteiger charge is -2.21.